The Hall–Kier alpha value is -0.860. The van der Waals surface area contributed by atoms with E-state index in [9.17, 15) is 9.59 Å². The summed E-state index contributed by atoms with van der Waals surface area (Å²) in [5.41, 5.74) is 0. The molecule has 2 aliphatic carbocycles. The van der Waals surface area contributed by atoms with Crippen molar-refractivity contribution in [1.82, 2.24) is 0 Å². The number of aliphatic carboxylic acids is 1. The predicted molar refractivity (Wildman–Crippen MR) is 46.2 cm³/mol. The van der Waals surface area contributed by atoms with Crippen molar-refractivity contribution in [1.29, 1.82) is 0 Å². The summed E-state index contributed by atoms with van der Waals surface area (Å²) in [5, 5.41) is 8.84. The Morgan fingerprint density at radius 3 is 2.69 bits per heavy atom. The summed E-state index contributed by atoms with van der Waals surface area (Å²) in [7, 11) is 0. The first-order chi connectivity index (χ1) is 6.16. The second-order valence-electron chi connectivity index (χ2n) is 4.31. The average Bonchev–Trinajstić information content (AvgIpc) is 2.46. The molecule has 2 aliphatic rings. The topological polar surface area (TPSA) is 54.4 Å². The van der Waals surface area contributed by atoms with Crippen LogP contribution in [0.15, 0.2) is 0 Å². The van der Waals surface area contributed by atoms with Crippen LogP contribution in [0.4, 0.5) is 0 Å². The van der Waals surface area contributed by atoms with E-state index < -0.39 is 5.97 Å². The maximum Gasteiger partial charge on any atom is 0.306 e. The van der Waals surface area contributed by atoms with E-state index in [0.717, 1.165) is 19.3 Å². The third-order valence-corrected chi connectivity index (χ3v) is 3.47. The molecular weight excluding hydrogens is 168 g/mol. The number of carbonyl (C=O) groups is 2. The van der Waals surface area contributed by atoms with Gasteiger partial charge in [-0.1, -0.05) is 0 Å². The summed E-state index contributed by atoms with van der Waals surface area (Å²) < 4.78 is 0. The number of carbonyl (C=O) groups excluding carboxylic acids is 1. The molecule has 3 heteroatoms. The van der Waals surface area contributed by atoms with Crippen molar-refractivity contribution in [2.24, 2.45) is 17.8 Å². The molecule has 2 saturated carbocycles. The van der Waals surface area contributed by atoms with Crippen LogP contribution in [0.2, 0.25) is 0 Å². The van der Waals surface area contributed by atoms with Gasteiger partial charge in [-0.25, -0.2) is 0 Å². The van der Waals surface area contributed by atoms with Crippen LogP contribution in [-0.2, 0) is 9.59 Å². The molecule has 1 N–H and O–H groups in total. The monoisotopic (exact) mass is 182 g/mol. The number of carboxylic acid groups (broad SMARTS) is 1. The van der Waals surface area contributed by atoms with Crippen molar-refractivity contribution in [3.05, 3.63) is 0 Å². The van der Waals surface area contributed by atoms with Gasteiger partial charge >= 0.3 is 5.97 Å². The molecule has 0 aliphatic heterocycles. The lowest BCUT2D eigenvalue weighted by Crippen LogP contribution is -2.19. The molecule has 0 aromatic carbocycles. The molecule has 0 radical (unpaired) electrons. The van der Waals surface area contributed by atoms with Crippen molar-refractivity contribution in [3.63, 3.8) is 0 Å². The number of hydrogen-bond donors (Lipinski definition) is 1. The predicted octanol–water partition coefficient (Wildman–Crippen LogP) is 1.47. The van der Waals surface area contributed by atoms with E-state index in [0.29, 0.717) is 30.5 Å². The number of rotatable bonds is 1. The van der Waals surface area contributed by atoms with Gasteiger partial charge in [-0.05, 0) is 31.1 Å². The Bertz CT molecular complexity index is 247. The van der Waals surface area contributed by atoms with E-state index in [2.05, 4.69) is 0 Å². The Kier molecular flexibility index (Phi) is 2.10. The van der Waals surface area contributed by atoms with Crippen LogP contribution in [0.3, 0.4) is 0 Å². The van der Waals surface area contributed by atoms with Crippen LogP contribution in [0, 0.1) is 17.8 Å². The maximum absolute atomic E-state index is 11.1. The van der Waals surface area contributed by atoms with Gasteiger partial charge in [0.05, 0.1) is 5.92 Å². The van der Waals surface area contributed by atoms with Crippen molar-refractivity contribution < 1.29 is 14.7 Å². The molecule has 3 atom stereocenters. The van der Waals surface area contributed by atoms with Crippen molar-refractivity contribution in [2.75, 3.05) is 0 Å². The molecule has 0 saturated heterocycles. The lowest BCUT2D eigenvalue weighted by atomic mass is 9.81. The van der Waals surface area contributed by atoms with Crippen LogP contribution in [0.1, 0.15) is 32.1 Å². The fourth-order valence-electron chi connectivity index (χ4n) is 2.76. The minimum Gasteiger partial charge on any atom is -0.481 e. The van der Waals surface area contributed by atoms with Gasteiger partial charge < -0.3 is 5.11 Å². The second-order valence-corrected chi connectivity index (χ2v) is 4.31. The van der Waals surface area contributed by atoms with Crippen LogP contribution in [0.5, 0.6) is 0 Å². The fourth-order valence-corrected chi connectivity index (χ4v) is 2.76. The first-order valence-corrected chi connectivity index (χ1v) is 4.91. The summed E-state index contributed by atoms with van der Waals surface area (Å²) in [6, 6.07) is 0. The van der Waals surface area contributed by atoms with Gasteiger partial charge in [0.25, 0.3) is 0 Å². The Balaban J connectivity index is 2.02. The molecule has 2 rings (SSSR count). The zero-order chi connectivity index (χ0) is 9.42. The Morgan fingerprint density at radius 1 is 1.31 bits per heavy atom. The molecule has 72 valence electrons. The molecule has 3 nitrogen and oxygen atoms in total. The standard InChI is InChI=1S/C10H14O3/c11-9-2-1-6-3-8(10(12)13)4-7(6)5-9/h6-8H,1-5H2,(H,12,13)/t6-,7+,8+/m1/s1. The third-order valence-electron chi connectivity index (χ3n) is 3.47. The lowest BCUT2D eigenvalue weighted by molar-refractivity contribution is -0.141. The number of fused-ring (bicyclic) bond motifs is 1. The molecule has 0 aromatic heterocycles. The van der Waals surface area contributed by atoms with Crippen LogP contribution in [-0.4, -0.2) is 16.9 Å². The quantitative estimate of drug-likeness (QED) is 0.668. The van der Waals surface area contributed by atoms with Crippen LogP contribution >= 0.6 is 0 Å². The Morgan fingerprint density at radius 2 is 2.00 bits per heavy atom. The smallest absolute Gasteiger partial charge is 0.306 e. The SMILES string of the molecule is O=C1CC[C@@H]2C[C@H](C(=O)O)C[C@H]2C1. The molecule has 0 bridgehead atoms. The van der Waals surface area contributed by atoms with E-state index in [1.807, 2.05) is 0 Å². The second kappa shape index (κ2) is 3.13. The average molecular weight is 182 g/mol. The zero-order valence-corrected chi connectivity index (χ0v) is 7.53. The first-order valence-electron chi connectivity index (χ1n) is 4.91. The minimum atomic E-state index is -0.679. The summed E-state index contributed by atoms with van der Waals surface area (Å²) in [6.45, 7) is 0. The number of ketones is 1. The summed E-state index contributed by atoms with van der Waals surface area (Å²) in [5.74, 6) is 0.358. The highest BCUT2D eigenvalue weighted by Crippen LogP contribution is 2.44. The van der Waals surface area contributed by atoms with E-state index in [1.165, 1.54) is 0 Å². The van der Waals surface area contributed by atoms with Gasteiger partial charge in [0.2, 0.25) is 0 Å². The zero-order valence-electron chi connectivity index (χ0n) is 7.53. The number of carboxylic acids is 1. The highest BCUT2D eigenvalue weighted by Gasteiger charge is 2.40. The molecule has 0 spiro atoms. The van der Waals surface area contributed by atoms with Gasteiger partial charge in [0.1, 0.15) is 5.78 Å². The number of Topliss-reactive ketones (excluding diaryl/α,β-unsaturated/α-hetero) is 1. The van der Waals surface area contributed by atoms with Gasteiger partial charge in [0.15, 0.2) is 0 Å². The summed E-state index contributed by atoms with van der Waals surface area (Å²) >= 11 is 0. The van der Waals surface area contributed by atoms with Gasteiger partial charge in [-0.15, -0.1) is 0 Å². The van der Waals surface area contributed by atoms with Gasteiger partial charge in [0, 0.05) is 12.8 Å². The largest absolute Gasteiger partial charge is 0.481 e. The molecule has 2 fully saturated rings. The number of hydrogen-bond acceptors (Lipinski definition) is 2. The molecule has 0 heterocycles. The summed E-state index contributed by atoms with van der Waals surface area (Å²) in [6.07, 6.45) is 3.76. The molecule has 0 unspecified atom stereocenters. The van der Waals surface area contributed by atoms with E-state index in [-0.39, 0.29) is 5.92 Å². The van der Waals surface area contributed by atoms with E-state index in [4.69, 9.17) is 5.11 Å². The fraction of sp³-hybridized carbons (Fsp3) is 0.800. The van der Waals surface area contributed by atoms with E-state index >= 15 is 0 Å². The van der Waals surface area contributed by atoms with Crippen molar-refractivity contribution in [2.45, 2.75) is 32.1 Å². The first kappa shape index (κ1) is 8.73. The normalized spacial score (nSPS) is 38.8. The van der Waals surface area contributed by atoms with Gasteiger partial charge in [-0.3, -0.25) is 9.59 Å². The van der Waals surface area contributed by atoms with Crippen LogP contribution < -0.4 is 0 Å². The maximum atomic E-state index is 11.1. The molecule has 13 heavy (non-hydrogen) atoms. The van der Waals surface area contributed by atoms with Gasteiger partial charge in [-0.2, -0.15) is 0 Å². The van der Waals surface area contributed by atoms with Crippen molar-refractivity contribution in [3.8, 4) is 0 Å². The minimum absolute atomic E-state index is 0.180. The Labute approximate surface area is 77.1 Å². The lowest BCUT2D eigenvalue weighted by Gasteiger charge is -2.23. The molecule has 0 aromatic rings. The highest BCUT2D eigenvalue weighted by molar-refractivity contribution is 5.80. The van der Waals surface area contributed by atoms with E-state index in [1.54, 1.807) is 0 Å². The molecule has 0 amide bonds. The third kappa shape index (κ3) is 1.60. The van der Waals surface area contributed by atoms with Crippen molar-refractivity contribution >= 4 is 11.8 Å². The summed E-state index contributed by atoms with van der Waals surface area (Å²) in [4.78, 5) is 21.9. The highest BCUT2D eigenvalue weighted by atomic mass is 16.4. The molecular formula is C10H14O3. The van der Waals surface area contributed by atoms with Crippen LogP contribution in [0.25, 0.3) is 0 Å².